The van der Waals surface area contributed by atoms with Gasteiger partial charge in [-0.05, 0) is 18.3 Å². The Morgan fingerprint density at radius 2 is 2.00 bits per heavy atom. The number of halogens is 1. The molecule has 0 aromatic carbocycles. The fraction of sp³-hybridized carbons (Fsp3) is 0.909. The second-order valence-corrected chi connectivity index (χ2v) is 4.40. The highest BCUT2D eigenvalue weighted by Crippen LogP contribution is 2.18. The van der Waals surface area contributed by atoms with E-state index in [1.807, 2.05) is 0 Å². The Hall–Kier alpha value is -0.0500. The molecule has 0 spiro atoms. The number of esters is 1. The van der Waals surface area contributed by atoms with Crippen LogP contribution < -0.4 is 0 Å². The molecule has 0 radical (unpaired) electrons. The fourth-order valence-electron chi connectivity index (χ4n) is 1.34. The third kappa shape index (κ3) is 6.41. The summed E-state index contributed by atoms with van der Waals surface area (Å²) in [7, 11) is 0. The topological polar surface area (TPSA) is 26.3 Å². The minimum absolute atomic E-state index is 0.160. The van der Waals surface area contributed by atoms with Crippen LogP contribution in [0.2, 0.25) is 0 Å². The Bertz CT molecular complexity index is 159. The zero-order valence-corrected chi connectivity index (χ0v) is 11.0. The SMILES string of the molecule is CCC(C)CC(CC)COC(=O)CBr. The van der Waals surface area contributed by atoms with Gasteiger partial charge >= 0.3 is 5.97 Å². The third-order valence-electron chi connectivity index (χ3n) is 2.60. The van der Waals surface area contributed by atoms with Crippen LogP contribution in [-0.4, -0.2) is 17.9 Å². The molecule has 2 nitrogen and oxygen atoms in total. The van der Waals surface area contributed by atoms with Crippen LogP contribution in [-0.2, 0) is 9.53 Å². The smallest absolute Gasteiger partial charge is 0.316 e. The van der Waals surface area contributed by atoms with Gasteiger partial charge in [-0.15, -0.1) is 0 Å². The van der Waals surface area contributed by atoms with Crippen molar-refractivity contribution in [3.05, 3.63) is 0 Å². The third-order valence-corrected chi connectivity index (χ3v) is 3.06. The molecule has 0 saturated carbocycles. The highest BCUT2D eigenvalue weighted by molar-refractivity contribution is 9.09. The van der Waals surface area contributed by atoms with Gasteiger partial charge in [0.1, 0.15) is 5.33 Å². The second kappa shape index (κ2) is 8.27. The maximum atomic E-state index is 10.9. The Morgan fingerprint density at radius 1 is 1.36 bits per heavy atom. The summed E-state index contributed by atoms with van der Waals surface area (Å²) in [5.41, 5.74) is 0. The molecular formula is C11H21BrO2. The lowest BCUT2D eigenvalue weighted by Crippen LogP contribution is -2.16. The van der Waals surface area contributed by atoms with E-state index < -0.39 is 0 Å². The normalized spacial score (nSPS) is 14.9. The predicted octanol–water partition coefficient (Wildman–Crippen LogP) is 3.39. The molecule has 0 aliphatic heterocycles. The van der Waals surface area contributed by atoms with E-state index in [4.69, 9.17) is 4.74 Å². The van der Waals surface area contributed by atoms with E-state index in [9.17, 15) is 4.79 Å². The fourth-order valence-corrected chi connectivity index (χ4v) is 1.50. The number of ether oxygens (including phenoxy) is 1. The van der Waals surface area contributed by atoms with Crippen LogP contribution in [0, 0.1) is 11.8 Å². The van der Waals surface area contributed by atoms with Crippen molar-refractivity contribution in [1.29, 1.82) is 0 Å². The Kier molecular flexibility index (Phi) is 8.24. The first kappa shape index (κ1) is 13.9. The summed E-state index contributed by atoms with van der Waals surface area (Å²) in [6, 6.07) is 0. The van der Waals surface area contributed by atoms with Crippen LogP contribution in [0.3, 0.4) is 0 Å². The van der Waals surface area contributed by atoms with E-state index >= 15 is 0 Å². The first-order valence-corrected chi connectivity index (χ1v) is 6.47. The maximum absolute atomic E-state index is 10.9. The van der Waals surface area contributed by atoms with E-state index in [-0.39, 0.29) is 5.97 Å². The minimum Gasteiger partial charge on any atom is -0.465 e. The number of alkyl halides is 1. The summed E-state index contributed by atoms with van der Waals surface area (Å²) in [6.07, 6.45) is 3.44. The van der Waals surface area contributed by atoms with Crippen LogP contribution in [0.1, 0.15) is 40.0 Å². The van der Waals surface area contributed by atoms with Crippen molar-refractivity contribution in [2.75, 3.05) is 11.9 Å². The standard InChI is InChI=1S/C11H21BrO2/c1-4-9(3)6-10(5-2)8-14-11(13)7-12/h9-10H,4-8H2,1-3H3. The van der Waals surface area contributed by atoms with Crippen molar-refractivity contribution < 1.29 is 9.53 Å². The van der Waals surface area contributed by atoms with Crippen molar-refractivity contribution in [3.8, 4) is 0 Å². The maximum Gasteiger partial charge on any atom is 0.316 e. The lowest BCUT2D eigenvalue weighted by Gasteiger charge is -2.18. The summed E-state index contributed by atoms with van der Waals surface area (Å²) < 4.78 is 5.10. The van der Waals surface area contributed by atoms with Gasteiger partial charge in [-0.2, -0.15) is 0 Å². The minimum atomic E-state index is -0.160. The molecule has 0 fully saturated rings. The molecule has 0 rings (SSSR count). The molecule has 2 unspecified atom stereocenters. The van der Waals surface area contributed by atoms with Crippen molar-refractivity contribution in [3.63, 3.8) is 0 Å². The molecule has 84 valence electrons. The van der Waals surface area contributed by atoms with Crippen LogP contribution in [0.25, 0.3) is 0 Å². The van der Waals surface area contributed by atoms with E-state index in [2.05, 4.69) is 36.7 Å². The van der Waals surface area contributed by atoms with Gasteiger partial charge in [-0.1, -0.05) is 49.5 Å². The second-order valence-electron chi connectivity index (χ2n) is 3.84. The molecule has 0 aromatic rings. The van der Waals surface area contributed by atoms with Gasteiger partial charge in [-0.25, -0.2) is 0 Å². The van der Waals surface area contributed by atoms with Crippen LogP contribution in [0.4, 0.5) is 0 Å². The zero-order chi connectivity index (χ0) is 11.0. The number of carbonyl (C=O) groups is 1. The van der Waals surface area contributed by atoms with E-state index in [1.54, 1.807) is 0 Å². The molecule has 0 heterocycles. The molecule has 0 amide bonds. The highest BCUT2D eigenvalue weighted by Gasteiger charge is 2.12. The van der Waals surface area contributed by atoms with E-state index in [0.29, 0.717) is 17.9 Å². The number of carbonyl (C=O) groups excluding carboxylic acids is 1. The van der Waals surface area contributed by atoms with E-state index in [1.165, 1.54) is 6.42 Å². The van der Waals surface area contributed by atoms with Gasteiger partial charge in [0.05, 0.1) is 6.61 Å². The Morgan fingerprint density at radius 3 is 2.43 bits per heavy atom. The monoisotopic (exact) mass is 264 g/mol. The van der Waals surface area contributed by atoms with Crippen molar-refractivity contribution in [2.45, 2.75) is 40.0 Å². The average Bonchev–Trinajstić information content (AvgIpc) is 2.22. The lowest BCUT2D eigenvalue weighted by atomic mass is 9.93. The number of hydrogen-bond donors (Lipinski definition) is 0. The molecule has 3 heteroatoms. The molecule has 0 saturated heterocycles. The Labute approximate surface area is 95.5 Å². The summed E-state index contributed by atoms with van der Waals surface area (Å²) >= 11 is 3.08. The van der Waals surface area contributed by atoms with E-state index in [0.717, 1.165) is 18.8 Å². The van der Waals surface area contributed by atoms with Gasteiger partial charge < -0.3 is 4.74 Å². The number of rotatable bonds is 7. The molecule has 0 aromatic heterocycles. The number of hydrogen-bond acceptors (Lipinski definition) is 2. The van der Waals surface area contributed by atoms with Gasteiger partial charge in [0.15, 0.2) is 0 Å². The molecular weight excluding hydrogens is 244 g/mol. The van der Waals surface area contributed by atoms with Gasteiger partial charge in [0.2, 0.25) is 0 Å². The predicted molar refractivity (Wildman–Crippen MR) is 62.6 cm³/mol. The first-order chi connectivity index (χ1) is 6.63. The molecule has 0 aliphatic rings. The zero-order valence-electron chi connectivity index (χ0n) is 9.38. The molecule has 14 heavy (non-hydrogen) atoms. The van der Waals surface area contributed by atoms with Gasteiger partial charge in [0.25, 0.3) is 0 Å². The van der Waals surface area contributed by atoms with Crippen molar-refractivity contribution in [1.82, 2.24) is 0 Å². The largest absolute Gasteiger partial charge is 0.465 e. The lowest BCUT2D eigenvalue weighted by molar-refractivity contribution is -0.141. The van der Waals surface area contributed by atoms with Crippen LogP contribution >= 0.6 is 15.9 Å². The highest BCUT2D eigenvalue weighted by atomic mass is 79.9. The first-order valence-electron chi connectivity index (χ1n) is 5.35. The molecule has 0 N–H and O–H groups in total. The summed E-state index contributed by atoms with van der Waals surface area (Å²) in [5.74, 6) is 1.09. The molecule has 0 aliphatic carbocycles. The summed E-state index contributed by atoms with van der Waals surface area (Å²) in [5, 5.41) is 0.298. The van der Waals surface area contributed by atoms with Gasteiger partial charge in [-0.3, -0.25) is 4.79 Å². The molecule has 2 atom stereocenters. The molecule has 0 bridgehead atoms. The Balaban J connectivity index is 3.73. The van der Waals surface area contributed by atoms with Gasteiger partial charge in [0, 0.05) is 0 Å². The quantitative estimate of drug-likeness (QED) is 0.521. The van der Waals surface area contributed by atoms with Crippen molar-refractivity contribution >= 4 is 21.9 Å². The average molecular weight is 265 g/mol. The van der Waals surface area contributed by atoms with Crippen molar-refractivity contribution in [2.24, 2.45) is 11.8 Å². The van der Waals surface area contributed by atoms with Crippen LogP contribution in [0.5, 0.6) is 0 Å². The summed E-state index contributed by atoms with van der Waals surface area (Å²) in [4.78, 5) is 10.9. The summed E-state index contributed by atoms with van der Waals surface area (Å²) in [6.45, 7) is 7.16. The van der Waals surface area contributed by atoms with Crippen LogP contribution in [0.15, 0.2) is 0 Å².